The molecule has 0 aliphatic carbocycles. The van der Waals surface area contributed by atoms with Gasteiger partial charge in [0.2, 0.25) is 5.13 Å². The highest BCUT2D eigenvalue weighted by Crippen LogP contribution is 2.44. The van der Waals surface area contributed by atoms with Crippen molar-refractivity contribution in [2.75, 3.05) is 4.90 Å². The Balaban J connectivity index is 1.43. The number of aryl methyl sites for hydroxylation is 2. The van der Waals surface area contributed by atoms with E-state index in [1.165, 1.54) is 40.9 Å². The summed E-state index contributed by atoms with van der Waals surface area (Å²) < 4.78 is 16.3. The molecule has 1 fully saturated rings. The van der Waals surface area contributed by atoms with Crippen LogP contribution in [-0.2, 0) is 15.3 Å². The molecule has 1 aliphatic rings. The monoisotopic (exact) mass is 605 g/mol. The largest absolute Gasteiger partial charge is 0.505 e. The zero-order valence-corrected chi connectivity index (χ0v) is 24.1. The van der Waals surface area contributed by atoms with Crippen LogP contribution in [0.5, 0.6) is 0 Å². The third kappa shape index (κ3) is 4.90. The number of aliphatic hydroxyl groups is 1. The fourth-order valence-corrected chi connectivity index (χ4v) is 6.70. The van der Waals surface area contributed by atoms with Crippen LogP contribution >= 0.6 is 34.7 Å². The smallest absolute Gasteiger partial charge is 0.301 e. The number of halogens is 2. The van der Waals surface area contributed by atoms with E-state index in [4.69, 9.17) is 11.6 Å². The molecule has 1 atom stereocenters. The van der Waals surface area contributed by atoms with E-state index in [1.807, 2.05) is 41.8 Å². The molecule has 12 heteroatoms. The molecule has 1 amide bonds. The van der Waals surface area contributed by atoms with E-state index in [0.717, 1.165) is 22.5 Å². The highest BCUT2D eigenvalue weighted by atomic mass is 35.5. The third-order valence-electron chi connectivity index (χ3n) is 6.82. The Morgan fingerprint density at radius 1 is 1.07 bits per heavy atom. The number of carbonyl (C=O) groups excluding carboxylic acids is 2. The molecule has 0 radical (unpaired) electrons. The van der Waals surface area contributed by atoms with Gasteiger partial charge in [0, 0.05) is 17.0 Å². The van der Waals surface area contributed by atoms with Gasteiger partial charge < -0.3 is 9.51 Å². The Bertz CT molecular complexity index is 1850. The van der Waals surface area contributed by atoms with Crippen molar-refractivity contribution in [2.45, 2.75) is 30.0 Å². The highest BCUT2D eigenvalue weighted by molar-refractivity contribution is 8.00. The van der Waals surface area contributed by atoms with Gasteiger partial charge in [-0.25, -0.2) is 9.37 Å². The first-order valence-electron chi connectivity index (χ1n) is 12.4. The fraction of sp³-hybridized carbons (Fsp3) is 0.138. The summed E-state index contributed by atoms with van der Waals surface area (Å²) in [5, 5.41) is 20.8. The van der Waals surface area contributed by atoms with Gasteiger partial charge in [-0.2, -0.15) is 0 Å². The molecule has 6 rings (SSSR count). The molecule has 3 aromatic heterocycles. The number of benzene rings is 2. The average molecular weight is 606 g/mol. The standard InChI is InChI=1S/C29H21ClFN5O3S2/c1-15-4-3-13-35-16(2)22(32-26(15)35)24(37)21-23(18-7-11-20(31)12-8-18)36(27(39)25(21)38)28-33-34-29(41-28)40-14-17-5-9-19(30)10-6-17/h3-13,23,37H,14H2,1-2H3/b24-21+. The van der Waals surface area contributed by atoms with Crippen molar-refractivity contribution in [1.82, 2.24) is 19.6 Å². The SMILES string of the molecule is Cc1cccn2c(C)c(/C(O)=C3\C(=O)C(=O)N(c4nnc(SCc5ccc(Cl)cc5)s4)C3c3ccc(F)cc3)nc12. The Labute approximate surface area is 247 Å². The second-order valence-corrected chi connectivity index (χ2v) is 12.0. The number of pyridine rings is 1. The van der Waals surface area contributed by atoms with Crippen LogP contribution in [0.1, 0.15) is 34.1 Å². The van der Waals surface area contributed by atoms with Gasteiger partial charge in [0.05, 0.1) is 17.3 Å². The fourth-order valence-electron chi connectivity index (χ4n) is 4.75. The minimum absolute atomic E-state index is 0.156. The molecule has 206 valence electrons. The summed E-state index contributed by atoms with van der Waals surface area (Å²) in [5.74, 6) is -2.06. The molecule has 1 aliphatic heterocycles. The average Bonchev–Trinajstić information content (AvgIpc) is 3.64. The molecule has 2 aromatic carbocycles. The van der Waals surface area contributed by atoms with Crippen LogP contribution in [0.4, 0.5) is 9.52 Å². The lowest BCUT2D eigenvalue weighted by Gasteiger charge is -2.22. The zero-order chi connectivity index (χ0) is 28.8. The maximum atomic E-state index is 13.9. The minimum Gasteiger partial charge on any atom is -0.505 e. The molecule has 0 bridgehead atoms. The summed E-state index contributed by atoms with van der Waals surface area (Å²) in [4.78, 5) is 32.8. The second kappa shape index (κ2) is 10.7. The van der Waals surface area contributed by atoms with Crippen molar-refractivity contribution >= 4 is 62.9 Å². The number of ketones is 1. The van der Waals surface area contributed by atoms with Crippen molar-refractivity contribution in [1.29, 1.82) is 0 Å². The minimum atomic E-state index is -1.07. The van der Waals surface area contributed by atoms with Crippen molar-refractivity contribution in [3.05, 3.63) is 111 Å². The van der Waals surface area contributed by atoms with Crippen LogP contribution in [-0.4, -0.2) is 36.4 Å². The number of thioether (sulfide) groups is 1. The normalized spacial score (nSPS) is 16.7. The molecular weight excluding hydrogens is 585 g/mol. The predicted octanol–water partition coefficient (Wildman–Crippen LogP) is 6.51. The van der Waals surface area contributed by atoms with Gasteiger partial charge in [-0.15, -0.1) is 10.2 Å². The number of Topliss-reactive ketones (excluding diaryl/α,β-unsaturated/α-hetero) is 1. The van der Waals surface area contributed by atoms with Crippen molar-refractivity contribution < 1.29 is 19.1 Å². The van der Waals surface area contributed by atoms with Crippen LogP contribution < -0.4 is 4.90 Å². The summed E-state index contributed by atoms with van der Waals surface area (Å²) in [6, 6.07) is 15.5. The number of hydrogen-bond donors (Lipinski definition) is 1. The van der Waals surface area contributed by atoms with Gasteiger partial charge >= 0.3 is 5.91 Å². The Morgan fingerprint density at radius 2 is 1.80 bits per heavy atom. The number of aliphatic hydroxyl groups excluding tert-OH is 1. The summed E-state index contributed by atoms with van der Waals surface area (Å²) in [6.45, 7) is 3.66. The quantitative estimate of drug-likeness (QED) is 0.0774. The number of hydrogen-bond acceptors (Lipinski definition) is 8. The number of amides is 1. The van der Waals surface area contributed by atoms with Crippen LogP contribution in [0.15, 0.2) is 76.8 Å². The number of anilines is 1. The lowest BCUT2D eigenvalue weighted by molar-refractivity contribution is -0.132. The molecular formula is C29H21ClFN5O3S2. The molecule has 1 N–H and O–H groups in total. The van der Waals surface area contributed by atoms with Crippen molar-refractivity contribution in [3.63, 3.8) is 0 Å². The Kier molecular flexibility index (Phi) is 7.10. The second-order valence-electron chi connectivity index (χ2n) is 9.42. The van der Waals surface area contributed by atoms with Crippen LogP contribution in [0.3, 0.4) is 0 Å². The number of fused-ring (bicyclic) bond motifs is 1. The van der Waals surface area contributed by atoms with E-state index in [1.54, 1.807) is 19.1 Å². The van der Waals surface area contributed by atoms with E-state index in [-0.39, 0.29) is 16.4 Å². The van der Waals surface area contributed by atoms with Crippen molar-refractivity contribution in [2.24, 2.45) is 0 Å². The number of carbonyl (C=O) groups is 2. The van der Waals surface area contributed by atoms with Gasteiger partial charge in [-0.05, 0) is 60.9 Å². The van der Waals surface area contributed by atoms with Gasteiger partial charge in [-0.3, -0.25) is 14.5 Å². The predicted molar refractivity (Wildman–Crippen MR) is 157 cm³/mol. The Morgan fingerprint density at radius 3 is 2.51 bits per heavy atom. The first kappa shape index (κ1) is 27.1. The molecule has 1 saturated heterocycles. The Hall–Kier alpha value is -4.06. The van der Waals surface area contributed by atoms with Crippen LogP contribution in [0.25, 0.3) is 11.4 Å². The molecule has 5 aromatic rings. The molecule has 4 heterocycles. The van der Waals surface area contributed by atoms with Gasteiger partial charge in [0.1, 0.15) is 17.2 Å². The maximum Gasteiger partial charge on any atom is 0.301 e. The number of imidazole rings is 1. The summed E-state index contributed by atoms with van der Waals surface area (Å²) in [7, 11) is 0. The van der Waals surface area contributed by atoms with E-state index in [0.29, 0.717) is 32.0 Å². The lowest BCUT2D eigenvalue weighted by Crippen LogP contribution is -2.29. The van der Waals surface area contributed by atoms with Gasteiger partial charge in [-0.1, -0.05) is 65.0 Å². The first-order valence-corrected chi connectivity index (χ1v) is 14.6. The summed E-state index contributed by atoms with van der Waals surface area (Å²) >= 11 is 8.55. The topological polar surface area (TPSA) is 101 Å². The molecule has 1 unspecified atom stereocenters. The molecule has 8 nitrogen and oxygen atoms in total. The van der Waals surface area contributed by atoms with Gasteiger partial charge in [0.25, 0.3) is 5.78 Å². The number of nitrogens with zero attached hydrogens (tertiary/aromatic N) is 5. The molecule has 41 heavy (non-hydrogen) atoms. The maximum absolute atomic E-state index is 13.9. The lowest BCUT2D eigenvalue weighted by atomic mass is 9.96. The first-order chi connectivity index (χ1) is 19.7. The third-order valence-corrected chi connectivity index (χ3v) is 9.19. The summed E-state index contributed by atoms with van der Waals surface area (Å²) in [5.41, 5.74) is 3.57. The van der Waals surface area contributed by atoms with E-state index < -0.39 is 29.3 Å². The van der Waals surface area contributed by atoms with E-state index in [9.17, 15) is 19.1 Å². The van der Waals surface area contributed by atoms with E-state index in [2.05, 4.69) is 15.2 Å². The number of aromatic nitrogens is 4. The zero-order valence-electron chi connectivity index (χ0n) is 21.7. The molecule has 0 spiro atoms. The van der Waals surface area contributed by atoms with E-state index >= 15 is 0 Å². The van der Waals surface area contributed by atoms with Gasteiger partial charge in [0.15, 0.2) is 10.1 Å². The summed E-state index contributed by atoms with van der Waals surface area (Å²) in [6.07, 6.45) is 1.81. The number of rotatable bonds is 6. The van der Waals surface area contributed by atoms with Crippen LogP contribution in [0.2, 0.25) is 5.02 Å². The highest BCUT2D eigenvalue weighted by Gasteiger charge is 2.48. The molecule has 0 saturated carbocycles. The van der Waals surface area contributed by atoms with Crippen molar-refractivity contribution in [3.8, 4) is 0 Å². The van der Waals surface area contributed by atoms with Crippen LogP contribution in [0, 0.1) is 19.7 Å².